The lowest BCUT2D eigenvalue weighted by Gasteiger charge is -2.22. The van der Waals surface area contributed by atoms with Gasteiger partial charge in [0.1, 0.15) is 5.82 Å². The van der Waals surface area contributed by atoms with Gasteiger partial charge in [-0.15, -0.1) is 0 Å². The second-order valence-corrected chi connectivity index (χ2v) is 10.1. The Labute approximate surface area is 219 Å². The van der Waals surface area contributed by atoms with E-state index in [-0.39, 0.29) is 11.4 Å². The lowest BCUT2D eigenvalue weighted by molar-refractivity contribution is 0.428. The first-order valence-corrected chi connectivity index (χ1v) is 13.7. The molecule has 0 heterocycles. The van der Waals surface area contributed by atoms with Crippen LogP contribution in [-0.2, 0) is 6.42 Å². The lowest BCUT2D eigenvalue weighted by atomic mass is 9.83. The van der Waals surface area contributed by atoms with Gasteiger partial charge in [0, 0.05) is 11.1 Å². The minimum Gasteiger partial charge on any atom is -0.206 e. The molecule has 4 rings (SSSR count). The zero-order chi connectivity index (χ0) is 26.2. The smallest absolute Gasteiger partial charge is 0.166 e. The number of benzene rings is 3. The molecule has 1 unspecified atom stereocenters. The molecule has 0 N–H and O–H groups in total. The molecule has 0 aliphatic heterocycles. The minimum atomic E-state index is -0.848. The molecule has 3 aromatic carbocycles. The SMILES string of the molecule is CC/C=C\Cc1ccc(-c2ccc(-c3ccc(C4=CCC(CCCCC)CC4)cc3F)cc2)c(F)c1F. The van der Waals surface area contributed by atoms with Crippen molar-refractivity contribution in [2.45, 2.75) is 71.6 Å². The highest BCUT2D eigenvalue weighted by Crippen LogP contribution is 2.35. The van der Waals surface area contributed by atoms with Gasteiger partial charge in [-0.25, -0.2) is 13.2 Å². The Morgan fingerprint density at radius 1 is 0.784 bits per heavy atom. The second-order valence-electron chi connectivity index (χ2n) is 10.1. The molecule has 1 aliphatic carbocycles. The first-order chi connectivity index (χ1) is 18.0. The maximum Gasteiger partial charge on any atom is 0.166 e. The van der Waals surface area contributed by atoms with Crippen LogP contribution in [0.4, 0.5) is 13.2 Å². The molecule has 3 heteroatoms. The molecule has 0 amide bonds. The van der Waals surface area contributed by atoms with E-state index in [1.807, 2.05) is 31.2 Å². The fourth-order valence-corrected chi connectivity index (χ4v) is 5.22. The van der Waals surface area contributed by atoms with Gasteiger partial charge >= 0.3 is 0 Å². The van der Waals surface area contributed by atoms with E-state index in [0.717, 1.165) is 30.7 Å². The standard InChI is InChI=1S/C34H37F3/c1-3-5-7-9-24-11-13-25(14-12-24)29-20-21-30(32(35)23-29)26-15-17-27(18-16-26)31-22-19-28(10-8-6-4-2)33(36)34(31)37/h6,8,13,15-24H,3-5,7,9-12,14H2,1-2H3/b8-6-. The van der Waals surface area contributed by atoms with E-state index in [1.165, 1.54) is 37.7 Å². The summed E-state index contributed by atoms with van der Waals surface area (Å²) in [4.78, 5) is 0. The fraction of sp³-hybridized carbons (Fsp3) is 0.353. The van der Waals surface area contributed by atoms with Gasteiger partial charge in [-0.1, -0.05) is 106 Å². The molecule has 0 spiro atoms. The first kappa shape index (κ1) is 27.0. The number of hydrogen-bond acceptors (Lipinski definition) is 0. The van der Waals surface area contributed by atoms with E-state index in [9.17, 15) is 8.78 Å². The largest absolute Gasteiger partial charge is 0.206 e. The van der Waals surface area contributed by atoms with E-state index >= 15 is 4.39 Å². The van der Waals surface area contributed by atoms with Crippen molar-refractivity contribution in [1.29, 1.82) is 0 Å². The van der Waals surface area contributed by atoms with Crippen molar-refractivity contribution in [2.24, 2.45) is 5.92 Å². The molecule has 194 valence electrons. The van der Waals surface area contributed by atoms with Gasteiger partial charge in [0.15, 0.2) is 11.6 Å². The van der Waals surface area contributed by atoms with Gasteiger partial charge in [0.2, 0.25) is 0 Å². The quantitative estimate of drug-likeness (QED) is 0.191. The summed E-state index contributed by atoms with van der Waals surface area (Å²) in [5, 5.41) is 0. The van der Waals surface area contributed by atoms with Crippen LogP contribution in [0.1, 0.15) is 76.3 Å². The highest BCUT2D eigenvalue weighted by Gasteiger charge is 2.17. The Kier molecular flexibility index (Phi) is 9.44. The third kappa shape index (κ3) is 6.63. The van der Waals surface area contributed by atoms with Gasteiger partial charge in [-0.2, -0.15) is 0 Å². The van der Waals surface area contributed by atoms with Gasteiger partial charge < -0.3 is 0 Å². The van der Waals surface area contributed by atoms with Gasteiger partial charge in [-0.3, -0.25) is 0 Å². The minimum absolute atomic E-state index is 0.209. The van der Waals surface area contributed by atoms with Crippen molar-refractivity contribution in [3.8, 4) is 22.3 Å². The molecule has 0 bridgehead atoms. The Balaban J connectivity index is 1.47. The molecule has 1 atom stereocenters. The van der Waals surface area contributed by atoms with Crippen molar-refractivity contribution < 1.29 is 13.2 Å². The molecule has 0 saturated carbocycles. The predicted molar refractivity (Wildman–Crippen MR) is 150 cm³/mol. The van der Waals surface area contributed by atoms with Crippen molar-refractivity contribution in [3.63, 3.8) is 0 Å². The molecule has 0 radical (unpaired) electrons. The predicted octanol–water partition coefficient (Wildman–Crippen LogP) is 10.7. The summed E-state index contributed by atoms with van der Waals surface area (Å²) in [5.74, 6) is -1.17. The zero-order valence-electron chi connectivity index (χ0n) is 22.0. The van der Waals surface area contributed by atoms with E-state index in [0.29, 0.717) is 28.7 Å². The van der Waals surface area contributed by atoms with Crippen LogP contribution >= 0.6 is 0 Å². The summed E-state index contributed by atoms with van der Waals surface area (Å²) in [6.45, 7) is 4.23. The van der Waals surface area contributed by atoms with Gasteiger partial charge in [0.05, 0.1) is 0 Å². The highest BCUT2D eigenvalue weighted by molar-refractivity contribution is 5.74. The number of hydrogen-bond donors (Lipinski definition) is 0. The summed E-state index contributed by atoms with van der Waals surface area (Å²) in [6, 6.07) is 15.7. The topological polar surface area (TPSA) is 0 Å². The van der Waals surface area contributed by atoms with Gasteiger partial charge in [0.25, 0.3) is 0 Å². The van der Waals surface area contributed by atoms with Crippen molar-refractivity contribution in [3.05, 3.63) is 101 Å². The molecule has 0 nitrogen and oxygen atoms in total. The molecular weight excluding hydrogens is 465 g/mol. The number of allylic oxidation sites excluding steroid dienone is 4. The third-order valence-electron chi connectivity index (χ3n) is 7.48. The van der Waals surface area contributed by atoms with Crippen LogP contribution in [-0.4, -0.2) is 0 Å². The fourth-order valence-electron chi connectivity index (χ4n) is 5.22. The van der Waals surface area contributed by atoms with E-state index in [2.05, 4.69) is 13.0 Å². The maximum atomic E-state index is 15.1. The molecular formula is C34H37F3. The van der Waals surface area contributed by atoms with Crippen LogP contribution in [0.5, 0.6) is 0 Å². The van der Waals surface area contributed by atoms with Crippen LogP contribution < -0.4 is 0 Å². The van der Waals surface area contributed by atoms with Crippen LogP contribution in [0.15, 0.2) is 72.8 Å². The monoisotopic (exact) mass is 502 g/mol. The first-order valence-electron chi connectivity index (χ1n) is 13.7. The molecule has 0 fully saturated rings. The summed E-state index contributed by atoms with van der Waals surface area (Å²) in [5.41, 5.74) is 4.52. The third-order valence-corrected chi connectivity index (χ3v) is 7.48. The molecule has 0 aromatic heterocycles. The number of unbranched alkanes of at least 4 members (excludes halogenated alkanes) is 2. The Hall–Kier alpha value is -3.07. The number of rotatable bonds is 10. The van der Waals surface area contributed by atoms with Gasteiger partial charge in [-0.05, 0) is 71.9 Å². The number of halogens is 3. The second kappa shape index (κ2) is 12.9. The zero-order valence-corrected chi connectivity index (χ0v) is 22.0. The Morgan fingerprint density at radius 3 is 2.14 bits per heavy atom. The van der Waals surface area contributed by atoms with Crippen molar-refractivity contribution >= 4 is 5.57 Å². The molecule has 3 aromatic rings. The lowest BCUT2D eigenvalue weighted by Crippen LogP contribution is -2.05. The normalized spacial score (nSPS) is 15.8. The highest BCUT2D eigenvalue weighted by atomic mass is 19.2. The van der Waals surface area contributed by atoms with Crippen LogP contribution in [0.2, 0.25) is 0 Å². The van der Waals surface area contributed by atoms with Crippen LogP contribution in [0.25, 0.3) is 27.8 Å². The van der Waals surface area contributed by atoms with E-state index < -0.39 is 11.6 Å². The van der Waals surface area contributed by atoms with E-state index in [4.69, 9.17) is 0 Å². The van der Waals surface area contributed by atoms with E-state index in [1.54, 1.807) is 42.5 Å². The summed E-state index contributed by atoms with van der Waals surface area (Å²) < 4.78 is 44.5. The van der Waals surface area contributed by atoms with Crippen LogP contribution in [0, 0.1) is 23.4 Å². The summed E-state index contributed by atoms with van der Waals surface area (Å²) in [6.07, 6.45) is 15.7. The summed E-state index contributed by atoms with van der Waals surface area (Å²) in [7, 11) is 0. The maximum absolute atomic E-state index is 15.1. The summed E-state index contributed by atoms with van der Waals surface area (Å²) >= 11 is 0. The molecule has 1 aliphatic rings. The van der Waals surface area contributed by atoms with Crippen molar-refractivity contribution in [2.75, 3.05) is 0 Å². The molecule has 37 heavy (non-hydrogen) atoms. The Bertz CT molecular complexity index is 1250. The van der Waals surface area contributed by atoms with Crippen LogP contribution in [0.3, 0.4) is 0 Å². The average Bonchev–Trinajstić information content (AvgIpc) is 2.92. The van der Waals surface area contributed by atoms with Crippen molar-refractivity contribution in [1.82, 2.24) is 0 Å². The molecule has 0 saturated heterocycles. The average molecular weight is 503 g/mol. The Morgan fingerprint density at radius 2 is 1.49 bits per heavy atom.